The minimum Gasteiger partial charge on any atom is -0.481 e. The summed E-state index contributed by atoms with van der Waals surface area (Å²) in [4.78, 5) is 162. The molecule has 0 bridgehead atoms. The number of unbranched alkanes of at least 4 members (excludes halogenated alkanes) is 1. The maximum absolute atomic E-state index is 13.9. The number of nitrogens with zero attached hydrogens (tertiary/aromatic N) is 2. The second-order valence-corrected chi connectivity index (χ2v) is 20.4. The number of amides is 9. The minimum absolute atomic E-state index is 0.0859. The molecular formula is C47H82N14O16S. The Hall–Kier alpha value is -6.86. The van der Waals surface area contributed by atoms with Gasteiger partial charge in [0.1, 0.15) is 48.3 Å². The topological polar surface area (TPSA) is 502 Å². The predicted molar refractivity (Wildman–Crippen MR) is 283 cm³/mol. The Balaban J connectivity index is 3.25. The molecule has 0 aromatic heterocycles. The first kappa shape index (κ1) is 69.2. The van der Waals surface area contributed by atoms with Crippen molar-refractivity contribution < 1.29 is 78.0 Å². The number of aliphatic hydroxyl groups excluding tert-OH is 1. The number of hydrogen-bond donors (Lipinski definition) is 16. The number of hydrogen-bond acceptors (Lipinski definition) is 17. The van der Waals surface area contributed by atoms with Gasteiger partial charge in [0.05, 0.1) is 25.6 Å². The van der Waals surface area contributed by atoms with E-state index in [-0.39, 0.29) is 70.0 Å². The molecule has 9 atom stereocenters. The van der Waals surface area contributed by atoms with Gasteiger partial charge in [0.15, 0.2) is 5.96 Å². The molecule has 0 saturated carbocycles. The number of carbonyl (C=O) groups excluding carboxylic acids is 9. The zero-order valence-electron chi connectivity index (χ0n) is 44.9. The van der Waals surface area contributed by atoms with Gasteiger partial charge in [0.2, 0.25) is 53.2 Å². The van der Waals surface area contributed by atoms with Crippen LogP contribution in [-0.2, 0) is 57.5 Å². The number of aliphatic imine (C=N–C) groups is 1. The second-order valence-electron chi connectivity index (χ2n) is 19.4. The Morgan fingerprint density at radius 1 is 0.667 bits per heavy atom. The highest BCUT2D eigenvalue weighted by molar-refractivity contribution is 7.98. The number of aliphatic hydroxyl groups is 1. The van der Waals surface area contributed by atoms with Gasteiger partial charge in [-0.1, -0.05) is 27.7 Å². The van der Waals surface area contributed by atoms with Crippen LogP contribution in [0.2, 0.25) is 0 Å². The van der Waals surface area contributed by atoms with Crippen molar-refractivity contribution in [3.63, 3.8) is 0 Å². The van der Waals surface area contributed by atoms with Gasteiger partial charge in [0.25, 0.3) is 0 Å². The summed E-state index contributed by atoms with van der Waals surface area (Å²) < 4.78 is 0. The Labute approximate surface area is 456 Å². The number of rotatable bonds is 38. The van der Waals surface area contributed by atoms with Crippen LogP contribution in [0.4, 0.5) is 0 Å². The lowest BCUT2D eigenvalue weighted by molar-refractivity contribution is -0.144. The number of aliphatic carboxylic acids is 3. The van der Waals surface area contributed by atoms with Crippen LogP contribution in [0.5, 0.6) is 0 Å². The molecule has 442 valence electrons. The molecule has 1 fully saturated rings. The number of nitrogens with two attached hydrogens (primary N) is 4. The number of carboxylic acid groups (broad SMARTS) is 3. The van der Waals surface area contributed by atoms with E-state index < -0.39 is 164 Å². The molecule has 1 heterocycles. The number of carboxylic acids is 3. The molecule has 0 aliphatic carbocycles. The van der Waals surface area contributed by atoms with Gasteiger partial charge in [-0.25, -0.2) is 4.79 Å². The number of likely N-dealkylation sites (tertiary alicyclic amines) is 1. The SMILES string of the molecule is CSCC[C@H](N)C(=O)N[C@@H](CCCN=C(N)N)C(=O)N1CCC[C@H]1C(=O)NCC(=O)N[C@@H](CCC(=O)O)C(=O)N[C@@H](CO)C(=O)N[C@@H](CC(C)C)C(=O)N[C@@H](CCCCN)C(=O)N[C@@H](CC(=O)O)C(=O)N[C@H](C(=O)O)C(C)C. The largest absolute Gasteiger partial charge is 0.481 e. The third-order valence-corrected chi connectivity index (χ3v) is 12.7. The molecule has 0 unspecified atom stereocenters. The van der Waals surface area contributed by atoms with Crippen molar-refractivity contribution in [2.75, 3.05) is 44.8 Å². The number of carbonyl (C=O) groups is 12. The molecule has 31 heteroatoms. The lowest BCUT2D eigenvalue weighted by Crippen LogP contribution is -2.60. The smallest absolute Gasteiger partial charge is 0.326 e. The molecule has 0 aromatic carbocycles. The zero-order valence-corrected chi connectivity index (χ0v) is 45.7. The molecule has 9 amide bonds. The van der Waals surface area contributed by atoms with E-state index in [1.54, 1.807) is 13.8 Å². The molecular weight excluding hydrogens is 1050 g/mol. The Bertz CT molecular complexity index is 2100. The van der Waals surface area contributed by atoms with Gasteiger partial charge >= 0.3 is 17.9 Å². The Kier molecular flexibility index (Phi) is 32.2. The van der Waals surface area contributed by atoms with Crippen LogP contribution in [-0.4, -0.2) is 202 Å². The second kappa shape index (κ2) is 36.3. The molecule has 1 aliphatic heterocycles. The molecule has 1 saturated heterocycles. The summed E-state index contributed by atoms with van der Waals surface area (Å²) in [5, 5.41) is 57.8. The number of guanidine groups is 1. The van der Waals surface area contributed by atoms with Crippen LogP contribution in [0, 0.1) is 11.8 Å². The predicted octanol–water partition coefficient (Wildman–Crippen LogP) is -5.13. The fraction of sp³-hybridized carbons (Fsp3) is 0.723. The number of thioether (sulfide) groups is 1. The molecule has 0 spiro atoms. The fourth-order valence-corrected chi connectivity index (χ4v) is 8.37. The van der Waals surface area contributed by atoms with Gasteiger partial charge < -0.3 is 90.8 Å². The highest BCUT2D eigenvalue weighted by atomic mass is 32.2. The highest BCUT2D eigenvalue weighted by Crippen LogP contribution is 2.20. The van der Waals surface area contributed by atoms with E-state index in [9.17, 15) is 78.0 Å². The standard InChI is InChI=1S/C47H82N14O16S/c1-24(2)20-30(41(71)55-27(10-6-7-16-48)39(69)58-31(21-36(66)67)42(72)60-37(25(3)4)46(76)77)57-43(73)32(23-62)59-40(70)28(13-14-35(64)65)54-34(63)22-53-44(74)33-12-9-18-61(33)45(75)29(11-8-17-52-47(50)51)56-38(68)26(49)15-19-78-5/h24-33,37,62H,6-23,48-49H2,1-5H3,(H,53,74)(H,54,63)(H,55,71)(H,56,68)(H,57,73)(H,58,69)(H,59,70)(H,60,72)(H,64,65)(H,66,67)(H,76,77)(H4,50,51,52)/t26-,27-,28-,29-,30-,31-,32-,33-,37-/m0/s1. The van der Waals surface area contributed by atoms with Crippen molar-refractivity contribution in [2.45, 2.75) is 159 Å². The average Bonchev–Trinajstić information content (AvgIpc) is 3.86. The third kappa shape index (κ3) is 26.0. The third-order valence-electron chi connectivity index (χ3n) is 12.1. The van der Waals surface area contributed by atoms with Crippen LogP contribution in [0.25, 0.3) is 0 Å². The summed E-state index contributed by atoms with van der Waals surface area (Å²) in [6.07, 6.45) is 1.38. The van der Waals surface area contributed by atoms with Crippen LogP contribution in [0.3, 0.4) is 0 Å². The van der Waals surface area contributed by atoms with E-state index >= 15 is 0 Å². The van der Waals surface area contributed by atoms with E-state index in [0.717, 1.165) is 0 Å². The maximum Gasteiger partial charge on any atom is 0.326 e. The quantitative estimate of drug-likeness (QED) is 0.0156. The van der Waals surface area contributed by atoms with E-state index in [2.05, 4.69) is 47.5 Å². The van der Waals surface area contributed by atoms with Crippen molar-refractivity contribution in [1.82, 2.24) is 47.4 Å². The monoisotopic (exact) mass is 1130 g/mol. The van der Waals surface area contributed by atoms with Gasteiger partial charge in [-0.05, 0) is 94.6 Å². The van der Waals surface area contributed by atoms with Gasteiger partial charge in [-0.3, -0.25) is 57.7 Å². The van der Waals surface area contributed by atoms with Gasteiger partial charge in [-0.2, -0.15) is 11.8 Å². The van der Waals surface area contributed by atoms with Gasteiger partial charge in [0, 0.05) is 19.5 Å². The summed E-state index contributed by atoms with van der Waals surface area (Å²) in [7, 11) is 0. The molecule has 78 heavy (non-hydrogen) atoms. The first-order chi connectivity index (χ1) is 36.7. The molecule has 0 aromatic rings. The normalized spacial score (nSPS) is 16.1. The lowest BCUT2D eigenvalue weighted by atomic mass is 10.0. The number of nitrogens with one attached hydrogen (secondary N) is 8. The molecule has 0 radical (unpaired) electrons. The van der Waals surface area contributed by atoms with Crippen LogP contribution in [0.1, 0.15) is 105 Å². The summed E-state index contributed by atoms with van der Waals surface area (Å²) in [5.41, 5.74) is 22.5. The van der Waals surface area contributed by atoms with Crippen molar-refractivity contribution in [3.05, 3.63) is 0 Å². The molecule has 20 N–H and O–H groups in total. The fourth-order valence-electron chi connectivity index (χ4n) is 7.89. The highest BCUT2D eigenvalue weighted by Gasteiger charge is 2.39. The summed E-state index contributed by atoms with van der Waals surface area (Å²) in [6.45, 7) is 4.97. The molecule has 30 nitrogen and oxygen atoms in total. The Morgan fingerprint density at radius 2 is 1.22 bits per heavy atom. The van der Waals surface area contributed by atoms with Crippen LogP contribution in [0.15, 0.2) is 4.99 Å². The molecule has 1 aliphatic rings. The van der Waals surface area contributed by atoms with Crippen LogP contribution < -0.4 is 65.5 Å². The van der Waals surface area contributed by atoms with E-state index in [1.165, 1.54) is 30.5 Å². The first-order valence-corrected chi connectivity index (χ1v) is 27.0. The van der Waals surface area contributed by atoms with Crippen LogP contribution >= 0.6 is 11.8 Å². The van der Waals surface area contributed by atoms with Gasteiger partial charge in [-0.15, -0.1) is 0 Å². The average molecular weight is 1130 g/mol. The van der Waals surface area contributed by atoms with E-state index in [0.29, 0.717) is 25.0 Å². The van der Waals surface area contributed by atoms with E-state index in [1.807, 2.05) is 6.26 Å². The molecule has 1 rings (SSSR count). The van der Waals surface area contributed by atoms with E-state index in [4.69, 9.17) is 22.9 Å². The minimum atomic E-state index is -1.82. The van der Waals surface area contributed by atoms with Crippen molar-refractivity contribution in [3.8, 4) is 0 Å². The summed E-state index contributed by atoms with van der Waals surface area (Å²) >= 11 is 1.48. The maximum atomic E-state index is 13.9. The summed E-state index contributed by atoms with van der Waals surface area (Å²) in [6, 6.07) is -12.7. The summed E-state index contributed by atoms with van der Waals surface area (Å²) in [5.74, 6) is -13.1. The van der Waals surface area contributed by atoms with Crippen molar-refractivity contribution >= 4 is 88.8 Å². The Morgan fingerprint density at radius 3 is 1.77 bits per heavy atom. The lowest BCUT2D eigenvalue weighted by Gasteiger charge is -2.29. The first-order valence-electron chi connectivity index (χ1n) is 25.6. The zero-order chi connectivity index (χ0) is 59.2. The van der Waals surface area contributed by atoms with Crippen molar-refractivity contribution in [1.29, 1.82) is 0 Å². The van der Waals surface area contributed by atoms with Crippen molar-refractivity contribution in [2.24, 2.45) is 39.8 Å².